The molecular weight excluding hydrogens is 503 g/mol. The molecule has 1 aliphatic rings. The number of nitrogens with two attached hydrogens (primary N) is 2. The monoisotopic (exact) mass is 528 g/mol. The molecule has 0 unspecified atom stereocenters. The number of ketones is 2. The Morgan fingerprint density at radius 2 is 1.39 bits per heavy atom. The van der Waals surface area contributed by atoms with Gasteiger partial charge in [0.05, 0.1) is 47.4 Å². The molecule has 3 aromatic rings. The maximum absolute atomic E-state index is 13.8. The molecule has 0 spiro atoms. The van der Waals surface area contributed by atoms with Crippen molar-refractivity contribution in [3.8, 4) is 0 Å². The fourth-order valence-electron chi connectivity index (χ4n) is 4.18. The Labute approximate surface area is 217 Å². The third kappa shape index (κ3) is 4.89. The zero-order valence-electron chi connectivity index (χ0n) is 19.7. The first-order valence-corrected chi connectivity index (χ1v) is 12.4. The molecule has 1 aromatic heterocycles. The molecule has 0 saturated carbocycles. The number of alkyl halides is 2. The van der Waals surface area contributed by atoms with E-state index in [1.54, 1.807) is 24.3 Å². The molecule has 0 saturated heterocycles. The van der Waals surface area contributed by atoms with Crippen molar-refractivity contribution in [1.82, 2.24) is 0 Å². The average Bonchev–Trinajstić information content (AvgIpc) is 3.28. The second-order valence-electron chi connectivity index (χ2n) is 8.17. The van der Waals surface area contributed by atoms with E-state index < -0.39 is 0 Å². The van der Waals surface area contributed by atoms with Gasteiger partial charge in [-0.15, -0.1) is 23.2 Å². The molecule has 2 aromatic carbocycles. The smallest absolute Gasteiger partial charge is 0.196 e. The second-order valence-corrected chi connectivity index (χ2v) is 8.71. The van der Waals surface area contributed by atoms with Gasteiger partial charge in [0.25, 0.3) is 0 Å². The highest BCUT2D eigenvalue weighted by Gasteiger charge is 2.36. The van der Waals surface area contributed by atoms with Crippen LogP contribution in [0.15, 0.2) is 44.7 Å². The van der Waals surface area contributed by atoms with Gasteiger partial charge in [-0.3, -0.25) is 19.6 Å². The Morgan fingerprint density at radius 1 is 0.889 bits per heavy atom. The molecule has 0 radical (unpaired) electrons. The largest absolute Gasteiger partial charge is 0.459 e. The number of furan rings is 1. The number of rotatable bonds is 10. The van der Waals surface area contributed by atoms with Gasteiger partial charge in [0.15, 0.2) is 17.1 Å². The van der Waals surface area contributed by atoms with Gasteiger partial charge in [0.2, 0.25) is 0 Å². The number of aliphatic imine (C=N–C) groups is 2. The van der Waals surface area contributed by atoms with Gasteiger partial charge in [-0.05, 0) is 13.0 Å². The third-order valence-electron chi connectivity index (χ3n) is 5.70. The van der Waals surface area contributed by atoms with Crippen LogP contribution in [-0.4, -0.2) is 61.2 Å². The van der Waals surface area contributed by atoms with Crippen LogP contribution in [0.3, 0.4) is 0 Å². The van der Waals surface area contributed by atoms with Crippen LogP contribution in [0, 0.1) is 6.92 Å². The summed E-state index contributed by atoms with van der Waals surface area (Å²) >= 11 is 11.4. The van der Waals surface area contributed by atoms with Crippen molar-refractivity contribution in [3.05, 3.63) is 58.3 Å². The number of benzene rings is 2. The molecule has 11 heteroatoms. The number of nitrogens with zero attached hydrogens (tertiary/aromatic N) is 2. The molecular formula is C25H26Cl2N6O3. The summed E-state index contributed by atoms with van der Waals surface area (Å²) in [6, 6.07) is 8.63. The molecule has 6 N–H and O–H groups in total. The number of halogens is 2. The molecule has 0 aliphatic heterocycles. The summed E-state index contributed by atoms with van der Waals surface area (Å²) in [7, 11) is 0. The van der Waals surface area contributed by atoms with Crippen LogP contribution in [0.5, 0.6) is 0 Å². The number of nitrogens with one attached hydrogen (secondary N) is 2. The summed E-state index contributed by atoms with van der Waals surface area (Å²) in [5.41, 5.74) is 14.0. The lowest BCUT2D eigenvalue weighted by Crippen LogP contribution is -2.25. The molecule has 188 valence electrons. The predicted octanol–water partition coefficient (Wildman–Crippen LogP) is 3.53. The fraction of sp³-hybridized carbons (Fsp3) is 0.280. The van der Waals surface area contributed by atoms with Crippen molar-refractivity contribution in [2.24, 2.45) is 21.5 Å². The van der Waals surface area contributed by atoms with Crippen molar-refractivity contribution in [2.45, 2.75) is 6.92 Å². The molecule has 0 fully saturated rings. The highest BCUT2D eigenvalue weighted by atomic mass is 35.5. The Morgan fingerprint density at radius 3 is 1.92 bits per heavy atom. The van der Waals surface area contributed by atoms with E-state index in [2.05, 4.69) is 20.6 Å². The molecule has 0 amide bonds. The zero-order valence-corrected chi connectivity index (χ0v) is 21.2. The summed E-state index contributed by atoms with van der Waals surface area (Å²) < 4.78 is 6.03. The summed E-state index contributed by atoms with van der Waals surface area (Å²) in [5, 5.41) is 7.22. The molecule has 36 heavy (non-hydrogen) atoms. The number of anilines is 2. The fourth-order valence-corrected chi connectivity index (χ4v) is 4.35. The minimum absolute atomic E-state index is 0.127. The van der Waals surface area contributed by atoms with Crippen molar-refractivity contribution in [1.29, 1.82) is 0 Å². The summed E-state index contributed by atoms with van der Waals surface area (Å²) in [4.78, 5) is 35.9. The second kappa shape index (κ2) is 11.0. The van der Waals surface area contributed by atoms with Gasteiger partial charge in [0, 0.05) is 29.6 Å². The summed E-state index contributed by atoms with van der Waals surface area (Å²) in [5.74, 6) is 1.01. The van der Waals surface area contributed by atoms with Gasteiger partial charge >= 0.3 is 0 Å². The minimum Gasteiger partial charge on any atom is -0.459 e. The van der Waals surface area contributed by atoms with Crippen molar-refractivity contribution in [2.75, 3.05) is 48.6 Å². The van der Waals surface area contributed by atoms with E-state index in [0.29, 0.717) is 77.1 Å². The van der Waals surface area contributed by atoms with Gasteiger partial charge in [0.1, 0.15) is 17.4 Å². The zero-order chi connectivity index (χ0) is 25.8. The Kier molecular flexibility index (Phi) is 7.81. The van der Waals surface area contributed by atoms with Gasteiger partial charge in [-0.2, -0.15) is 0 Å². The van der Waals surface area contributed by atoms with Crippen molar-refractivity contribution in [3.63, 3.8) is 0 Å². The molecule has 0 atom stereocenters. The van der Waals surface area contributed by atoms with E-state index in [1.165, 1.54) is 0 Å². The lowest BCUT2D eigenvalue weighted by atomic mass is 9.81. The van der Waals surface area contributed by atoms with Crippen LogP contribution in [0.1, 0.15) is 37.6 Å². The molecule has 4 rings (SSSR count). The molecule has 9 nitrogen and oxygen atoms in total. The lowest BCUT2D eigenvalue weighted by Gasteiger charge is -2.24. The topological polar surface area (TPSA) is 148 Å². The maximum Gasteiger partial charge on any atom is 0.196 e. The molecule has 1 aliphatic carbocycles. The SMILES string of the molecule is Cc1cc2c(NCCN=C(N)CCl)c3c(c(NCCN=C(N)CCl)c2o1)C(=O)c1ccccc1C3=O. The first-order chi connectivity index (χ1) is 17.4. The molecule has 0 bridgehead atoms. The Hall–Kier alpha value is -3.56. The first kappa shape index (κ1) is 25.5. The number of fused-ring (bicyclic) bond motifs is 3. The van der Waals surface area contributed by atoms with E-state index in [0.717, 1.165) is 0 Å². The number of hydrogen-bond acceptors (Lipinski definition) is 7. The van der Waals surface area contributed by atoms with E-state index in [1.807, 2.05) is 13.0 Å². The van der Waals surface area contributed by atoms with Gasteiger partial charge in [-0.25, -0.2) is 0 Å². The van der Waals surface area contributed by atoms with Crippen LogP contribution in [0.4, 0.5) is 11.4 Å². The normalized spacial score (nSPS) is 13.6. The Bertz CT molecular complexity index is 1290. The number of aryl methyl sites for hydroxylation is 1. The number of carbonyl (C=O) groups is 2. The van der Waals surface area contributed by atoms with Crippen molar-refractivity contribution >= 4 is 68.8 Å². The van der Waals surface area contributed by atoms with Crippen LogP contribution >= 0.6 is 23.2 Å². The van der Waals surface area contributed by atoms with Crippen LogP contribution in [0.2, 0.25) is 0 Å². The van der Waals surface area contributed by atoms with E-state index in [4.69, 9.17) is 39.1 Å². The van der Waals surface area contributed by atoms with E-state index >= 15 is 0 Å². The van der Waals surface area contributed by atoms with E-state index in [-0.39, 0.29) is 34.5 Å². The quantitative estimate of drug-likeness (QED) is 0.0808. The maximum atomic E-state index is 13.8. The average molecular weight is 529 g/mol. The van der Waals surface area contributed by atoms with E-state index in [9.17, 15) is 9.59 Å². The number of amidine groups is 2. The summed E-state index contributed by atoms with van der Waals surface area (Å²) in [6.07, 6.45) is 0. The number of carbonyl (C=O) groups excluding carboxylic acids is 2. The lowest BCUT2D eigenvalue weighted by molar-refractivity contribution is 0.0980. The molecule has 1 heterocycles. The third-order valence-corrected chi connectivity index (χ3v) is 6.25. The van der Waals surface area contributed by atoms with Crippen LogP contribution in [-0.2, 0) is 0 Å². The van der Waals surface area contributed by atoms with Gasteiger partial charge in [-0.1, -0.05) is 24.3 Å². The number of hydrogen-bond donors (Lipinski definition) is 4. The Balaban J connectivity index is 1.85. The minimum atomic E-state index is -0.269. The van der Waals surface area contributed by atoms with Crippen LogP contribution in [0.25, 0.3) is 11.0 Å². The standard InChI is InChI=1S/C25H26Cl2N6O3/c1-13-10-16-21(32-8-6-30-17(28)11-26)19-20(24(35)15-5-3-2-4-14(15)23(19)34)22(25(16)36-13)33-9-7-31-18(29)12-27/h2-5,10,32-33H,6-9,11-12H2,1H3,(H2,28,30)(H2,29,31). The van der Waals surface area contributed by atoms with Gasteiger partial charge < -0.3 is 26.5 Å². The first-order valence-electron chi connectivity index (χ1n) is 11.3. The predicted molar refractivity (Wildman–Crippen MR) is 146 cm³/mol. The highest BCUT2D eigenvalue weighted by molar-refractivity contribution is 6.35. The van der Waals surface area contributed by atoms with Crippen LogP contribution < -0.4 is 22.1 Å². The summed E-state index contributed by atoms with van der Waals surface area (Å²) in [6.45, 7) is 3.19. The van der Waals surface area contributed by atoms with Crippen molar-refractivity contribution < 1.29 is 14.0 Å². The highest BCUT2D eigenvalue weighted by Crippen LogP contribution is 2.44.